The zero-order valence-corrected chi connectivity index (χ0v) is 8.34. The first-order valence-corrected chi connectivity index (χ1v) is 4.92. The molecular formula is C9H7N3OS. The number of rotatable bonds is 1. The van der Waals surface area contributed by atoms with E-state index >= 15 is 0 Å². The van der Waals surface area contributed by atoms with Gasteiger partial charge in [-0.1, -0.05) is 0 Å². The molecule has 4 nitrogen and oxygen atoms in total. The Kier molecular flexibility index (Phi) is 2.06. The van der Waals surface area contributed by atoms with E-state index in [1.165, 1.54) is 22.2 Å². The number of fused-ring (bicyclic) bond motifs is 1. The molecule has 5 heteroatoms. The summed E-state index contributed by atoms with van der Waals surface area (Å²) in [4.78, 5) is 16.6. The van der Waals surface area contributed by atoms with Gasteiger partial charge in [0.25, 0.3) is 5.56 Å². The van der Waals surface area contributed by atoms with E-state index in [0.29, 0.717) is 5.39 Å². The highest BCUT2D eigenvalue weighted by atomic mass is 32.1. The van der Waals surface area contributed by atoms with E-state index in [1.54, 1.807) is 0 Å². The van der Waals surface area contributed by atoms with Crippen molar-refractivity contribution in [2.24, 2.45) is 0 Å². The Balaban J connectivity index is 2.81. The Labute approximate surface area is 84.1 Å². The summed E-state index contributed by atoms with van der Waals surface area (Å²) >= 11 is 1.45. The van der Waals surface area contributed by atoms with Crippen molar-refractivity contribution < 1.29 is 0 Å². The largest absolute Gasteiger partial charge is 0.285 e. The van der Waals surface area contributed by atoms with Crippen molar-refractivity contribution in [2.45, 2.75) is 13.5 Å². The summed E-state index contributed by atoms with van der Waals surface area (Å²) in [6.45, 7) is 1.93. The first-order chi connectivity index (χ1) is 6.74. The second-order valence-corrected chi connectivity index (χ2v) is 3.79. The highest BCUT2D eigenvalue weighted by molar-refractivity contribution is 7.16. The van der Waals surface area contributed by atoms with Crippen molar-refractivity contribution in [3.8, 4) is 6.07 Å². The van der Waals surface area contributed by atoms with Crippen molar-refractivity contribution in [3.05, 3.63) is 27.6 Å². The molecule has 2 heterocycles. The van der Waals surface area contributed by atoms with E-state index in [-0.39, 0.29) is 12.1 Å². The van der Waals surface area contributed by atoms with Crippen molar-refractivity contribution in [3.63, 3.8) is 0 Å². The molecule has 0 aliphatic carbocycles. The van der Waals surface area contributed by atoms with Crippen LogP contribution in [0.25, 0.3) is 10.2 Å². The number of hydrogen-bond acceptors (Lipinski definition) is 4. The minimum Gasteiger partial charge on any atom is -0.285 e. The Bertz CT molecular complexity index is 576. The zero-order valence-electron chi connectivity index (χ0n) is 7.52. The minimum absolute atomic E-state index is 0.0526. The molecule has 0 N–H and O–H groups in total. The van der Waals surface area contributed by atoms with Crippen LogP contribution in [0.4, 0.5) is 0 Å². The molecule has 0 atom stereocenters. The quantitative estimate of drug-likeness (QED) is 0.704. The van der Waals surface area contributed by atoms with Crippen molar-refractivity contribution in [2.75, 3.05) is 0 Å². The molecule has 0 fully saturated rings. The summed E-state index contributed by atoms with van der Waals surface area (Å²) in [5, 5.41) is 11.0. The molecule has 0 saturated carbocycles. The van der Waals surface area contributed by atoms with Crippen molar-refractivity contribution >= 4 is 21.6 Å². The Hall–Kier alpha value is -1.67. The van der Waals surface area contributed by atoms with Gasteiger partial charge >= 0.3 is 0 Å². The molecule has 0 saturated heterocycles. The monoisotopic (exact) mass is 205 g/mol. The second-order valence-electron chi connectivity index (χ2n) is 2.93. The van der Waals surface area contributed by atoms with Crippen LogP contribution < -0.4 is 5.56 Å². The number of nitrogens with zero attached hydrogens (tertiary/aromatic N) is 3. The maximum atomic E-state index is 11.8. The summed E-state index contributed by atoms with van der Waals surface area (Å²) in [6.07, 6.45) is 1.42. The van der Waals surface area contributed by atoms with Gasteiger partial charge in [0.15, 0.2) is 0 Å². The highest BCUT2D eigenvalue weighted by Crippen LogP contribution is 2.18. The van der Waals surface area contributed by atoms with Gasteiger partial charge in [0.1, 0.15) is 17.7 Å². The lowest BCUT2D eigenvalue weighted by Crippen LogP contribution is -2.19. The van der Waals surface area contributed by atoms with Crippen LogP contribution in [-0.4, -0.2) is 9.55 Å². The summed E-state index contributed by atoms with van der Waals surface area (Å²) in [6, 6.07) is 1.93. The summed E-state index contributed by atoms with van der Waals surface area (Å²) < 4.78 is 1.32. The molecule has 0 spiro atoms. The fourth-order valence-electron chi connectivity index (χ4n) is 1.29. The fraction of sp³-hybridized carbons (Fsp3) is 0.222. The Morgan fingerprint density at radius 1 is 1.71 bits per heavy atom. The molecule has 0 amide bonds. The Morgan fingerprint density at radius 2 is 2.50 bits per heavy atom. The molecule has 0 radical (unpaired) electrons. The van der Waals surface area contributed by atoms with Gasteiger partial charge in [0.2, 0.25) is 0 Å². The maximum Gasteiger partial charge on any atom is 0.263 e. The van der Waals surface area contributed by atoms with Crippen LogP contribution in [0.1, 0.15) is 5.56 Å². The third-order valence-corrected chi connectivity index (χ3v) is 2.99. The van der Waals surface area contributed by atoms with Gasteiger partial charge in [-0.2, -0.15) is 5.26 Å². The van der Waals surface area contributed by atoms with Crippen LogP contribution in [0, 0.1) is 18.3 Å². The van der Waals surface area contributed by atoms with Gasteiger partial charge in [0.05, 0.1) is 11.5 Å². The molecule has 0 aromatic carbocycles. The first-order valence-electron chi connectivity index (χ1n) is 4.04. The lowest BCUT2D eigenvalue weighted by Gasteiger charge is -1.98. The van der Waals surface area contributed by atoms with E-state index in [4.69, 9.17) is 5.26 Å². The van der Waals surface area contributed by atoms with Crippen LogP contribution >= 0.6 is 11.3 Å². The molecule has 2 rings (SSSR count). The second kappa shape index (κ2) is 3.24. The molecule has 70 valence electrons. The molecular weight excluding hydrogens is 198 g/mol. The van der Waals surface area contributed by atoms with Crippen LogP contribution in [-0.2, 0) is 6.54 Å². The summed E-state index contributed by atoms with van der Waals surface area (Å²) in [7, 11) is 0. The van der Waals surface area contributed by atoms with E-state index in [9.17, 15) is 4.79 Å². The highest BCUT2D eigenvalue weighted by Gasteiger charge is 2.07. The summed E-state index contributed by atoms with van der Waals surface area (Å²) in [5.41, 5.74) is 0.796. The van der Waals surface area contributed by atoms with Gasteiger partial charge in [-0.3, -0.25) is 9.36 Å². The molecule has 2 aromatic rings. The number of thiophene rings is 1. The average Bonchev–Trinajstić information content (AvgIpc) is 2.54. The predicted octanol–water partition coefficient (Wildman–Crippen LogP) is 1.29. The minimum atomic E-state index is -0.129. The predicted molar refractivity (Wildman–Crippen MR) is 54.2 cm³/mol. The number of nitriles is 1. The van der Waals surface area contributed by atoms with Gasteiger partial charge in [0, 0.05) is 0 Å². The topological polar surface area (TPSA) is 58.7 Å². The van der Waals surface area contributed by atoms with Gasteiger partial charge < -0.3 is 0 Å². The van der Waals surface area contributed by atoms with Crippen LogP contribution in [0.2, 0.25) is 0 Å². The molecule has 0 unspecified atom stereocenters. The van der Waals surface area contributed by atoms with E-state index in [1.807, 2.05) is 18.4 Å². The number of aryl methyl sites for hydroxylation is 1. The van der Waals surface area contributed by atoms with Crippen LogP contribution in [0.3, 0.4) is 0 Å². The molecule has 0 bridgehead atoms. The third-order valence-electron chi connectivity index (χ3n) is 1.99. The lowest BCUT2D eigenvalue weighted by molar-refractivity contribution is 0.776. The van der Waals surface area contributed by atoms with Crippen molar-refractivity contribution in [1.82, 2.24) is 9.55 Å². The van der Waals surface area contributed by atoms with E-state index in [2.05, 4.69) is 4.98 Å². The molecule has 0 aliphatic heterocycles. The first kappa shape index (κ1) is 8.91. The summed E-state index contributed by atoms with van der Waals surface area (Å²) in [5.74, 6) is 0. The van der Waals surface area contributed by atoms with Gasteiger partial charge in [-0.05, 0) is 17.9 Å². The van der Waals surface area contributed by atoms with Gasteiger partial charge in [-0.25, -0.2) is 4.98 Å². The fourth-order valence-corrected chi connectivity index (χ4v) is 2.17. The van der Waals surface area contributed by atoms with E-state index in [0.717, 1.165) is 10.4 Å². The van der Waals surface area contributed by atoms with Crippen LogP contribution in [0.15, 0.2) is 16.5 Å². The smallest absolute Gasteiger partial charge is 0.263 e. The normalized spacial score (nSPS) is 10.3. The van der Waals surface area contributed by atoms with E-state index < -0.39 is 0 Å². The molecule has 14 heavy (non-hydrogen) atoms. The zero-order chi connectivity index (χ0) is 10.1. The number of hydrogen-bond donors (Lipinski definition) is 0. The third kappa shape index (κ3) is 1.20. The van der Waals surface area contributed by atoms with Gasteiger partial charge in [-0.15, -0.1) is 11.3 Å². The standard InChI is InChI=1S/C9H7N3OS/c1-6-4-14-8-7(6)9(13)12(3-2-10)5-11-8/h4-5H,3H2,1H3. The Morgan fingerprint density at radius 3 is 3.21 bits per heavy atom. The average molecular weight is 205 g/mol. The SMILES string of the molecule is Cc1csc2ncn(CC#N)c(=O)c12. The van der Waals surface area contributed by atoms with Crippen molar-refractivity contribution in [1.29, 1.82) is 5.26 Å². The molecule has 0 aliphatic rings. The molecule has 2 aromatic heterocycles. The lowest BCUT2D eigenvalue weighted by atomic mass is 10.3. The number of aromatic nitrogens is 2. The van der Waals surface area contributed by atoms with Crippen LogP contribution in [0.5, 0.6) is 0 Å². The maximum absolute atomic E-state index is 11.8.